The second-order valence-electron chi connectivity index (χ2n) is 10.6. The van der Waals surface area contributed by atoms with E-state index in [1.165, 1.54) is 24.1 Å². The first-order valence-electron chi connectivity index (χ1n) is 14.1. The van der Waals surface area contributed by atoms with Gasteiger partial charge in [-0.25, -0.2) is 9.69 Å². The molecule has 0 radical (unpaired) electrons. The first-order chi connectivity index (χ1) is 20.9. The highest BCUT2D eigenvalue weighted by Gasteiger charge is 2.43. The summed E-state index contributed by atoms with van der Waals surface area (Å²) in [4.78, 5) is 56.8. The Kier molecular flexibility index (Phi) is 8.08. The highest BCUT2D eigenvalue weighted by Crippen LogP contribution is 2.33. The van der Waals surface area contributed by atoms with Crippen LogP contribution in [-0.4, -0.2) is 86.1 Å². The van der Waals surface area contributed by atoms with Gasteiger partial charge in [0.05, 0.1) is 30.8 Å². The number of methoxy groups -OCH3 is 1. The predicted octanol–water partition coefficient (Wildman–Crippen LogP) is 2.91. The topological polar surface area (TPSA) is 115 Å². The van der Waals surface area contributed by atoms with Crippen molar-refractivity contribution >= 4 is 29.3 Å². The number of esters is 1. The predicted molar refractivity (Wildman–Crippen MR) is 154 cm³/mol. The molecule has 2 amide bonds. The van der Waals surface area contributed by atoms with Crippen LogP contribution in [0.4, 0.5) is 5.69 Å². The first kappa shape index (κ1) is 28.4. The van der Waals surface area contributed by atoms with Gasteiger partial charge in [-0.15, -0.1) is 0 Å². The number of ketones is 1. The van der Waals surface area contributed by atoms with Gasteiger partial charge in [-0.05, 0) is 54.1 Å². The van der Waals surface area contributed by atoms with Gasteiger partial charge in [-0.3, -0.25) is 24.2 Å². The van der Waals surface area contributed by atoms with Crippen molar-refractivity contribution in [1.29, 1.82) is 0 Å². The number of anilines is 1. The summed E-state index contributed by atoms with van der Waals surface area (Å²) in [6.45, 7) is 3.45. The lowest BCUT2D eigenvalue weighted by molar-refractivity contribution is -0.123. The number of rotatable bonds is 9. The van der Waals surface area contributed by atoms with Crippen molar-refractivity contribution in [2.75, 3.05) is 51.6 Å². The lowest BCUT2D eigenvalue weighted by atomic mass is 10.1. The summed E-state index contributed by atoms with van der Waals surface area (Å²) in [5.41, 5.74) is 2.10. The fourth-order valence-electron chi connectivity index (χ4n) is 5.54. The largest absolute Gasteiger partial charge is 0.497 e. The molecule has 1 atom stereocenters. The maximum Gasteiger partial charge on any atom is 0.338 e. The number of ether oxygens (including phenoxy) is 4. The Morgan fingerprint density at radius 1 is 0.884 bits per heavy atom. The van der Waals surface area contributed by atoms with Gasteiger partial charge in [0.15, 0.2) is 23.9 Å². The van der Waals surface area contributed by atoms with Crippen LogP contribution >= 0.6 is 0 Å². The van der Waals surface area contributed by atoms with Gasteiger partial charge < -0.3 is 18.9 Å². The van der Waals surface area contributed by atoms with Crippen molar-refractivity contribution in [2.45, 2.75) is 19.0 Å². The SMILES string of the molecule is COc1cccc(C(=O)COC(=O)c2ccc(N3C(=O)CC(N4CCN(Cc5ccc6c(c5)OCO6)CC4)C3=O)cc2)c1. The van der Waals surface area contributed by atoms with Crippen LogP contribution < -0.4 is 19.1 Å². The zero-order chi connectivity index (χ0) is 29.9. The number of imide groups is 1. The van der Waals surface area contributed by atoms with Crippen molar-refractivity contribution in [3.8, 4) is 17.2 Å². The maximum absolute atomic E-state index is 13.4. The minimum Gasteiger partial charge on any atom is -0.497 e. The van der Waals surface area contributed by atoms with Crippen LogP contribution in [0.1, 0.15) is 32.7 Å². The first-order valence-corrected chi connectivity index (χ1v) is 14.1. The molecule has 43 heavy (non-hydrogen) atoms. The van der Waals surface area contributed by atoms with Gasteiger partial charge >= 0.3 is 5.97 Å². The number of hydrogen-bond acceptors (Lipinski definition) is 10. The number of carbonyl (C=O) groups excluding carboxylic acids is 4. The number of benzene rings is 3. The molecule has 2 saturated heterocycles. The fraction of sp³-hybridized carbons (Fsp3) is 0.312. The number of amides is 2. The summed E-state index contributed by atoms with van der Waals surface area (Å²) in [5.74, 6) is 0.450. The van der Waals surface area contributed by atoms with E-state index < -0.39 is 18.6 Å². The fourth-order valence-corrected chi connectivity index (χ4v) is 5.54. The van der Waals surface area contributed by atoms with Gasteiger partial charge in [0, 0.05) is 38.3 Å². The maximum atomic E-state index is 13.4. The van der Waals surface area contributed by atoms with Gasteiger partial charge in [-0.2, -0.15) is 0 Å². The zero-order valence-electron chi connectivity index (χ0n) is 23.7. The van der Waals surface area contributed by atoms with E-state index in [4.69, 9.17) is 18.9 Å². The molecule has 3 aromatic carbocycles. The molecule has 11 nitrogen and oxygen atoms in total. The number of piperazine rings is 1. The lowest BCUT2D eigenvalue weighted by Gasteiger charge is -2.37. The lowest BCUT2D eigenvalue weighted by Crippen LogP contribution is -2.52. The standard InChI is InChI=1S/C32H31N3O8/c1-40-25-4-2-3-23(16-25)27(36)19-41-32(39)22-6-8-24(9-7-22)35-30(37)17-26(31(35)38)34-13-11-33(12-14-34)18-21-5-10-28-29(15-21)43-20-42-28/h2-10,15-16,26H,11-14,17-20H2,1H3. The molecule has 3 aliphatic rings. The molecule has 3 heterocycles. The highest BCUT2D eigenvalue weighted by molar-refractivity contribution is 6.22. The Morgan fingerprint density at radius 2 is 1.65 bits per heavy atom. The Morgan fingerprint density at radius 3 is 2.42 bits per heavy atom. The molecule has 0 bridgehead atoms. The third-order valence-corrected chi connectivity index (χ3v) is 7.90. The molecule has 1 unspecified atom stereocenters. The number of fused-ring (bicyclic) bond motifs is 1. The van der Waals surface area contributed by atoms with Crippen molar-refractivity contribution in [3.63, 3.8) is 0 Å². The van der Waals surface area contributed by atoms with E-state index in [0.717, 1.165) is 36.7 Å². The number of nitrogens with zero attached hydrogens (tertiary/aromatic N) is 3. The molecule has 0 saturated carbocycles. The summed E-state index contributed by atoms with van der Waals surface area (Å²) >= 11 is 0. The summed E-state index contributed by atoms with van der Waals surface area (Å²) in [7, 11) is 1.50. The van der Waals surface area contributed by atoms with Crippen LogP contribution in [0, 0.1) is 0 Å². The molecule has 0 aromatic heterocycles. The molecule has 3 aromatic rings. The highest BCUT2D eigenvalue weighted by atomic mass is 16.7. The minimum atomic E-state index is -0.682. The normalized spacial score (nSPS) is 18.6. The molecule has 0 aliphatic carbocycles. The summed E-state index contributed by atoms with van der Waals surface area (Å²) in [6, 6.07) is 18.1. The van der Waals surface area contributed by atoms with E-state index in [1.807, 2.05) is 18.2 Å². The monoisotopic (exact) mass is 585 g/mol. The van der Waals surface area contributed by atoms with Gasteiger partial charge in [0.2, 0.25) is 12.7 Å². The van der Waals surface area contributed by atoms with Crippen LogP contribution in [0.25, 0.3) is 0 Å². The van der Waals surface area contributed by atoms with Gasteiger partial charge in [0.1, 0.15) is 5.75 Å². The van der Waals surface area contributed by atoms with E-state index in [-0.39, 0.29) is 36.4 Å². The Hall–Kier alpha value is -4.74. The third kappa shape index (κ3) is 6.08. The molecule has 2 fully saturated rings. The summed E-state index contributed by atoms with van der Waals surface area (Å²) in [6.07, 6.45) is 0.108. The smallest absolute Gasteiger partial charge is 0.338 e. The molecular formula is C32H31N3O8. The number of carbonyl (C=O) groups is 4. The molecule has 11 heteroatoms. The van der Waals surface area contributed by atoms with Crippen LogP contribution in [0.5, 0.6) is 17.2 Å². The summed E-state index contributed by atoms with van der Waals surface area (Å²) in [5, 5.41) is 0. The third-order valence-electron chi connectivity index (χ3n) is 7.90. The molecule has 6 rings (SSSR count). The van der Waals surface area contributed by atoms with E-state index in [9.17, 15) is 19.2 Å². The van der Waals surface area contributed by atoms with E-state index in [2.05, 4.69) is 9.80 Å². The van der Waals surface area contributed by atoms with E-state index in [0.29, 0.717) is 30.1 Å². The molecule has 222 valence electrons. The Labute approximate surface area is 248 Å². The Balaban J connectivity index is 1.01. The van der Waals surface area contributed by atoms with Crippen LogP contribution in [-0.2, 0) is 20.9 Å². The number of hydrogen-bond donors (Lipinski definition) is 0. The van der Waals surface area contributed by atoms with Crippen molar-refractivity contribution < 1.29 is 38.1 Å². The molecule has 0 spiro atoms. The van der Waals surface area contributed by atoms with Crippen molar-refractivity contribution in [1.82, 2.24) is 9.80 Å². The van der Waals surface area contributed by atoms with Gasteiger partial charge in [0.25, 0.3) is 5.91 Å². The average molecular weight is 586 g/mol. The van der Waals surface area contributed by atoms with Crippen molar-refractivity contribution in [2.24, 2.45) is 0 Å². The van der Waals surface area contributed by atoms with E-state index in [1.54, 1.807) is 36.4 Å². The second-order valence-corrected chi connectivity index (χ2v) is 10.6. The van der Waals surface area contributed by atoms with Crippen molar-refractivity contribution in [3.05, 3.63) is 83.4 Å². The van der Waals surface area contributed by atoms with Crippen LogP contribution in [0.15, 0.2) is 66.7 Å². The minimum absolute atomic E-state index is 0.108. The second kappa shape index (κ2) is 12.2. The molecule has 0 N–H and O–H groups in total. The van der Waals surface area contributed by atoms with Gasteiger partial charge in [-0.1, -0.05) is 18.2 Å². The average Bonchev–Trinajstić information content (AvgIpc) is 3.63. The molecular weight excluding hydrogens is 554 g/mol. The van der Waals surface area contributed by atoms with E-state index >= 15 is 0 Å². The quantitative estimate of drug-likeness (QED) is 0.211. The zero-order valence-corrected chi connectivity index (χ0v) is 23.7. The van der Waals surface area contributed by atoms with Crippen LogP contribution in [0.2, 0.25) is 0 Å². The number of Topliss-reactive ketones (excluding diaryl/α,β-unsaturated/α-hetero) is 1. The summed E-state index contributed by atoms with van der Waals surface area (Å²) < 4.78 is 21.2. The molecule has 3 aliphatic heterocycles. The van der Waals surface area contributed by atoms with Crippen LogP contribution in [0.3, 0.4) is 0 Å². The Bertz CT molecular complexity index is 1550.